The highest BCUT2D eigenvalue weighted by Gasteiger charge is 2.34. The first-order valence-corrected chi connectivity index (χ1v) is 8.17. The molecule has 25 heavy (non-hydrogen) atoms. The van der Waals surface area contributed by atoms with E-state index in [1.54, 1.807) is 0 Å². The highest BCUT2D eigenvalue weighted by Crippen LogP contribution is 2.42. The zero-order valence-corrected chi connectivity index (χ0v) is 14.1. The van der Waals surface area contributed by atoms with Gasteiger partial charge in [-0.3, -0.25) is 14.9 Å². The number of aliphatic carboxylic acids is 1. The number of nitro benzene ring substituents is 1. The fourth-order valence-electron chi connectivity index (χ4n) is 3.46. The molecule has 8 heteroatoms. The minimum atomic E-state index is -1.15. The Labute approximate surface area is 145 Å². The van der Waals surface area contributed by atoms with Gasteiger partial charge in [-0.15, -0.1) is 0 Å². The Morgan fingerprint density at radius 1 is 1.24 bits per heavy atom. The van der Waals surface area contributed by atoms with Gasteiger partial charge in [0.25, 0.3) is 5.69 Å². The fraction of sp³-hybridized carbons (Fsp3) is 0.529. The topological polar surface area (TPSA) is 122 Å². The van der Waals surface area contributed by atoms with E-state index in [-0.39, 0.29) is 30.2 Å². The van der Waals surface area contributed by atoms with E-state index in [0.29, 0.717) is 18.5 Å². The zero-order chi connectivity index (χ0) is 18.4. The van der Waals surface area contributed by atoms with Gasteiger partial charge in [0, 0.05) is 18.5 Å². The van der Waals surface area contributed by atoms with Crippen LogP contribution in [-0.2, 0) is 9.59 Å². The van der Waals surface area contributed by atoms with Crippen LogP contribution in [0.3, 0.4) is 0 Å². The second-order valence-corrected chi connectivity index (χ2v) is 6.48. The molecule has 0 aliphatic heterocycles. The summed E-state index contributed by atoms with van der Waals surface area (Å²) in [7, 11) is 1.35. The third-order valence-corrected chi connectivity index (χ3v) is 4.64. The number of nitrogens with one attached hydrogen (secondary N) is 1. The Hall–Kier alpha value is -2.64. The molecule has 1 aliphatic rings. The van der Waals surface area contributed by atoms with Crippen molar-refractivity contribution in [3.05, 3.63) is 28.3 Å². The summed E-state index contributed by atoms with van der Waals surface area (Å²) in [5, 5.41) is 24.6. The summed E-state index contributed by atoms with van der Waals surface area (Å²) >= 11 is 0. The van der Waals surface area contributed by atoms with Gasteiger partial charge in [-0.05, 0) is 30.7 Å². The largest absolute Gasteiger partial charge is 0.550 e. The van der Waals surface area contributed by atoms with Gasteiger partial charge in [0.15, 0.2) is 0 Å². The SMILES string of the molecule is COc1cc([N+](=O)[O-])ccc1NC(=O)CC1(CC(=O)[O-])CCCCC1. The Morgan fingerprint density at radius 2 is 1.92 bits per heavy atom. The number of non-ortho nitro benzene ring substituents is 1. The van der Waals surface area contributed by atoms with Crippen molar-refractivity contribution in [3.8, 4) is 5.75 Å². The van der Waals surface area contributed by atoms with E-state index in [2.05, 4.69) is 5.32 Å². The van der Waals surface area contributed by atoms with Crippen molar-refractivity contribution < 1.29 is 24.4 Å². The number of carboxylic acid groups (broad SMARTS) is 1. The second kappa shape index (κ2) is 7.96. The van der Waals surface area contributed by atoms with Crippen LogP contribution in [0.15, 0.2) is 18.2 Å². The van der Waals surface area contributed by atoms with Gasteiger partial charge in [0.1, 0.15) is 5.75 Å². The summed E-state index contributed by atoms with van der Waals surface area (Å²) in [5.41, 5.74) is -0.414. The average molecular weight is 349 g/mol. The number of carboxylic acids is 1. The fourth-order valence-corrected chi connectivity index (χ4v) is 3.46. The van der Waals surface area contributed by atoms with Gasteiger partial charge in [-0.1, -0.05) is 19.3 Å². The van der Waals surface area contributed by atoms with E-state index in [1.807, 2.05) is 0 Å². The molecule has 0 heterocycles. The van der Waals surface area contributed by atoms with Crippen LogP contribution in [0.5, 0.6) is 5.75 Å². The number of nitrogens with zero attached hydrogens (tertiary/aromatic N) is 1. The number of rotatable bonds is 7. The summed E-state index contributed by atoms with van der Waals surface area (Å²) in [6.45, 7) is 0. The van der Waals surface area contributed by atoms with Crippen molar-refractivity contribution in [2.24, 2.45) is 5.41 Å². The van der Waals surface area contributed by atoms with Crippen LogP contribution in [0, 0.1) is 15.5 Å². The normalized spacial score (nSPS) is 16.0. The lowest BCUT2D eigenvalue weighted by atomic mass is 9.69. The lowest BCUT2D eigenvalue weighted by molar-refractivity contribution is -0.384. The van der Waals surface area contributed by atoms with Crippen LogP contribution in [0.1, 0.15) is 44.9 Å². The van der Waals surface area contributed by atoms with Gasteiger partial charge in [-0.2, -0.15) is 0 Å². The van der Waals surface area contributed by atoms with Crippen LogP contribution < -0.4 is 15.2 Å². The average Bonchev–Trinajstić information content (AvgIpc) is 2.54. The third kappa shape index (κ3) is 4.91. The molecule has 1 saturated carbocycles. The maximum Gasteiger partial charge on any atom is 0.273 e. The monoisotopic (exact) mass is 349 g/mol. The van der Waals surface area contributed by atoms with Crippen LogP contribution in [0.2, 0.25) is 0 Å². The van der Waals surface area contributed by atoms with E-state index >= 15 is 0 Å². The number of ether oxygens (including phenoxy) is 1. The number of nitro groups is 1. The van der Waals surface area contributed by atoms with E-state index in [1.165, 1.54) is 25.3 Å². The molecular formula is C17H21N2O6-. The molecule has 0 spiro atoms. The van der Waals surface area contributed by atoms with Gasteiger partial charge in [0.05, 0.1) is 23.8 Å². The first-order chi connectivity index (χ1) is 11.8. The minimum Gasteiger partial charge on any atom is -0.550 e. The molecule has 1 amide bonds. The number of benzene rings is 1. The van der Waals surface area contributed by atoms with Crippen molar-refractivity contribution in [1.82, 2.24) is 0 Å². The molecule has 8 nitrogen and oxygen atoms in total. The van der Waals surface area contributed by atoms with Gasteiger partial charge in [0.2, 0.25) is 5.91 Å². The van der Waals surface area contributed by atoms with E-state index < -0.39 is 16.3 Å². The predicted octanol–water partition coefficient (Wildman–Crippen LogP) is 2.02. The molecule has 1 aliphatic carbocycles. The number of carbonyl (C=O) groups is 2. The first-order valence-electron chi connectivity index (χ1n) is 8.17. The molecule has 1 fully saturated rings. The number of amides is 1. The number of anilines is 1. The number of hydrogen-bond donors (Lipinski definition) is 1. The summed E-state index contributed by atoms with van der Waals surface area (Å²) in [5.74, 6) is -1.31. The van der Waals surface area contributed by atoms with E-state index in [4.69, 9.17) is 4.74 Å². The maximum atomic E-state index is 12.4. The summed E-state index contributed by atoms with van der Waals surface area (Å²) in [6.07, 6.45) is 4.09. The molecule has 1 aromatic carbocycles. The molecule has 0 bridgehead atoms. The number of methoxy groups -OCH3 is 1. The third-order valence-electron chi connectivity index (χ3n) is 4.64. The Balaban J connectivity index is 2.12. The highest BCUT2D eigenvalue weighted by atomic mass is 16.6. The Bertz CT molecular complexity index is 667. The van der Waals surface area contributed by atoms with Crippen LogP contribution in [-0.4, -0.2) is 23.9 Å². The quantitative estimate of drug-likeness (QED) is 0.593. The van der Waals surface area contributed by atoms with Crippen molar-refractivity contribution in [3.63, 3.8) is 0 Å². The van der Waals surface area contributed by atoms with E-state index in [9.17, 15) is 24.8 Å². The summed E-state index contributed by atoms with van der Waals surface area (Å²) in [6, 6.07) is 3.91. The summed E-state index contributed by atoms with van der Waals surface area (Å²) in [4.78, 5) is 33.8. The van der Waals surface area contributed by atoms with Crippen LogP contribution >= 0.6 is 0 Å². The molecule has 0 saturated heterocycles. The lowest BCUT2D eigenvalue weighted by Crippen LogP contribution is -2.36. The maximum absolute atomic E-state index is 12.4. The van der Waals surface area contributed by atoms with Crippen molar-refractivity contribution in [2.75, 3.05) is 12.4 Å². The number of hydrogen-bond acceptors (Lipinski definition) is 6. The molecule has 1 N–H and O–H groups in total. The molecular weight excluding hydrogens is 328 g/mol. The Morgan fingerprint density at radius 3 is 2.48 bits per heavy atom. The predicted molar refractivity (Wildman–Crippen MR) is 88.0 cm³/mol. The van der Waals surface area contributed by atoms with Crippen molar-refractivity contribution in [2.45, 2.75) is 44.9 Å². The molecule has 136 valence electrons. The highest BCUT2D eigenvalue weighted by molar-refractivity contribution is 5.93. The van der Waals surface area contributed by atoms with E-state index in [0.717, 1.165) is 19.3 Å². The molecule has 0 atom stereocenters. The lowest BCUT2D eigenvalue weighted by Gasteiger charge is -2.37. The van der Waals surface area contributed by atoms with Crippen LogP contribution in [0.4, 0.5) is 11.4 Å². The van der Waals surface area contributed by atoms with Gasteiger partial charge in [-0.25, -0.2) is 0 Å². The zero-order valence-electron chi connectivity index (χ0n) is 14.1. The first kappa shape index (κ1) is 18.7. The molecule has 0 aromatic heterocycles. The second-order valence-electron chi connectivity index (χ2n) is 6.48. The molecule has 0 unspecified atom stereocenters. The Kier molecular flexibility index (Phi) is 5.95. The van der Waals surface area contributed by atoms with Crippen molar-refractivity contribution >= 4 is 23.3 Å². The summed E-state index contributed by atoms with van der Waals surface area (Å²) < 4.78 is 5.09. The molecule has 2 rings (SSSR count). The van der Waals surface area contributed by atoms with Gasteiger partial charge >= 0.3 is 0 Å². The van der Waals surface area contributed by atoms with Gasteiger partial charge < -0.3 is 20.0 Å². The standard InChI is InChI=1S/C17H22N2O6/c1-25-14-9-12(19(23)24)5-6-13(14)18-15(20)10-17(11-16(21)22)7-3-2-4-8-17/h5-6,9H,2-4,7-8,10-11H2,1H3,(H,18,20)(H,21,22)/p-1. The van der Waals surface area contributed by atoms with Crippen molar-refractivity contribution in [1.29, 1.82) is 0 Å². The molecule has 1 aromatic rings. The smallest absolute Gasteiger partial charge is 0.273 e. The number of carbonyl (C=O) groups excluding carboxylic acids is 2. The molecule has 0 radical (unpaired) electrons. The van der Waals surface area contributed by atoms with Crippen LogP contribution in [0.25, 0.3) is 0 Å². The minimum absolute atomic E-state index is 0.0706.